The van der Waals surface area contributed by atoms with Crippen LogP contribution in [0.15, 0.2) is 41.8 Å². The molecular formula is C17H18O3S. The Morgan fingerprint density at radius 2 is 2.10 bits per heavy atom. The van der Waals surface area contributed by atoms with Crippen molar-refractivity contribution in [3.05, 3.63) is 52.2 Å². The molecule has 1 aromatic carbocycles. The van der Waals surface area contributed by atoms with Crippen LogP contribution in [0.5, 0.6) is 5.75 Å². The van der Waals surface area contributed by atoms with Crippen LogP contribution in [0.1, 0.15) is 30.2 Å². The Labute approximate surface area is 128 Å². The highest BCUT2D eigenvalue weighted by molar-refractivity contribution is 7.11. The average molecular weight is 302 g/mol. The van der Waals surface area contributed by atoms with E-state index < -0.39 is 5.97 Å². The number of carboxylic acids is 1. The van der Waals surface area contributed by atoms with Crippen molar-refractivity contribution >= 4 is 29.0 Å². The van der Waals surface area contributed by atoms with E-state index in [0.29, 0.717) is 6.61 Å². The number of hydrogen-bond acceptors (Lipinski definition) is 3. The highest BCUT2D eigenvalue weighted by atomic mass is 32.1. The molecule has 0 aliphatic rings. The monoisotopic (exact) mass is 302 g/mol. The highest BCUT2D eigenvalue weighted by Gasteiger charge is 2.12. The number of unbranched alkanes of at least 4 members (excludes halogenated alkanes) is 1. The number of benzene rings is 1. The average Bonchev–Trinajstić information content (AvgIpc) is 3.00. The summed E-state index contributed by atoms with van der Waals surface area (Å²) < 4.78 is 5.74. The van der Waals surface area contributed by atoms with E-state index in [0.717, 1.165) is 29.0 Å². The molecule has 0 unspecified atom stereocenters. The molecule has 0 aliphatic heterocycles. The third-order valence-electron chi connectivity index (χ3n) is 2.99. The molecular weight excluding hydrogens is 284 g/mol. The predicted octanol–water partition coefficient (Wildman–Crippen LogP) is 4.55. The van der Waals surface area contributed by atoms with Gasteiger partial charge in [0.25, 0.3) is 0 Å². The number of thiophene rings is 1. The Morgan fingerprint density at radius 1 is 1.29 bits per heavy atom. The molecule has 0 bridgehead atoms. The van der Waals surface area contributed by atoms with Crippen LogP contribution >= 0.6 is 11.3 Å². The van der Waals surface area contributed by atoms with Gasteiger partial charge in [-0.15, -0.1) is 11.3 Å². The van der Waals surface area contributed by atoms with Crippen LogP contribution in [-0.2, 0) is 4.79 Å². The van der Waals surface area contributed by atoms with E-state index in [9.17, 15) is 9.90 Å². The summed E-state index contributed by atoms with van der Waals surface area (Å²) in [5, 5.41) is 11.3. The zero-order valence-corrected chi connectivity index (χ0v) is 12.7. The van der Waals surface area contributed by atoms with Crippen LogP contribution in [-0.4, -0.2) is 17.7 Å². The maximum atomic E-state index is 11.5. The molecule has 0 atom stereocenters. The number of aliphatic carboxylic acids is 1. The lowest BCUT2D eigenvalue weighted by atomic mass is 10.1. The molecule has 0 saturated heterocycles. The van der Waals surface area contributed by atoms with Crippen molar-refractivity contribution in [2.45, 2.75) is 19.8 Å². The zero-order chi connectivity index (χ0) is 15.1. The highest BCUT2D eigenvalue weighted by Crippen LogP contribution is 2.27. The zero-order valence-electron chi connectivity index (χ0n) is 11.9. The molecule has 2 rings (SSSR count). The van der Waals surface area contributed by atoms with Crippen molar-refractivity contribution in [1.82, 2.24) is 0 Å². The topological polar surface area (TPSA) is 46.5 Å². The quantitative estimate of drug-likeness (QED) is 0.603. The lowest BCUT2D eigenvalue weighted by molar-refractivity contribution is -0.130. The van der Waals surface area contributed by atoms with Gasteiger partial charge in [0.2, 0.25) is 0 Å². The van der Waals surface area contributed by atoms with Crippen LogP contribution in [0.3, 0.4) is 0 Å². The molecule has 0 amide bonds. The first-order chi connectivity index (χ1) is 10.2. The number of rotatable bonds is 7. The fourth-order valence-electron chi connectivity index (χ4n) is 1.88. The number of hydrogen-bond donors (Lipinski definition) is 1. The van der Waals surface area contributed by atoms with E-state index in [1.54, 1.807) is 6.08 Å². The summed E-state index contributed by atoms with van der Waals surface area (Å²) in [6, 6.07) is 11.2. The predicted molar refractivity (Wildman–Crippen MR) is 86.7 cm³/mol. The van der Waals surface area contributed by atoms with Crippen LogP contribution in [0.2, 0.25) is 0 Å². The molecule has 0 aliphatic carbocycles. The van der Waals surface area contributed by atoms with E-state index in [2.05, 4.69) is 6.92 Å². The lowest BCUT2D eigenvalue weighted by Crippen LogP contribution is -2.00. The number of carboxylic acid groups (broad SMARTS) is 1. The second-order valence-corrected chi connectivity index (χ2v) is 5.53. The Balaban J connectivity index is 2.31. The van der Waals surface area contributed by atoms with Gasteiger partial charge in [-0.3, -0.25) is 0 Å². The Kier molecular flexibility index (Phi) is 5.58. The summed E-state index contributed by atoms with van der Waals surface area (Å²) in [6.07, 6.45) is 3.72. The van der Waals surface area contributed by atoms with Gasteiger partial charge in [0.05, 0.1) is 12.2 Å². The van der Waals surface area contributed by atoms with Gasteiger partial charge in [-0.2, -0.15) is 0 Å². The largest absolute Gasteiger partial charge is 0.493 e. The van der Waals surface area contributed by atoms with Gasteiger partial charge in [0, 0.05) is 10.4 Å². The van der Waals surface area contributed by atoms with Crippen molar-refractivity contribution in [2.24, 2.45) is 0 Å². The van der Waals surface area contributed by atoms with Gasteiger partial charge < -0.3 is 9.84 Å². The van der Waals surface area contributed by atoms with Crippen molar-refractivity contribution in [3.63, 3.8) is 0 Å². The summed E-state index contributed by atoms with van der Waals surface area (Å²) in [5.74, 6) is -0.206. The first kappa shape index (κ1) is 15.3. The summed E-state index contributed by atoms with van der Waals surface area (Å²) in [5.41, 5.74) is 1.08. The standard InChI is InChI=1S/C17H18O3S/c1-2-3-10-20-15-8-5-4-7-13(15)12-14(17(18)19)16-9-6-11-21-16/h4-9,11-12H,2-3,10H2,1H3,(H,18,19)/b14-12-. The molecule has 3 nitrogen and oxygen atoms in total. The SMILES string of the molecule is CCCCOc1ccccc1/C=C(\C(=O)O)c1cccs1. The third-order valence-corrected chi connectivity index (χ3v) is 3.89. The van der Waals surface area contributed by atoms with E-state index >= 15 is 0 Å². The van der Waals surface area contributed by atoms with Gasteiger partial charge in [-0.05, 0) is 30.0 Å². The summed E-state index contributed by atoms with van der Waals surface area (Å²) >= 11 is 1.42. The van der Waals surface area contributed by atoms with Crippen LogP contribution < -0.4 is 4.74 Å². The van der Waals surface area contributed by atoms with Gasteiger partial charge >= 0.3 is 5.97 Å². The molecule has 0 fully saturated rings. The molecule has 1 heterocycles. The first-order valence-corrected chi connectivity index (χ1v) is 7.81. The lowest BCUT2D eigenvalue weighted by Gasteiger charge is -2.09. The first-order valence-electron chi connectivity index (χ1n) is 6.93. The van der Waals surface area contributed by atoms with E-state index in [-0.39, 0.29) is 5.57 Å². The number of para-hydroxylation sites is 1. The molecule has 2 aromatic rings. The third kappa shape index (κ3) is 4.20. The molecule has 1 aromatic heterocycles. The molecule has 4 heteroatoms. The number of ether oxygens (including phenoxy) is 1. The minimum absolute atomic E-state index is 0.288. The van der Waals surface area contributed by atoms with Gasteiger partial charge in [0.15, 0.2) is 0 Å². The summed E-state index contributed by atoms with van der Waals surface area (Å²) in [7, 11) is 0. The van der Waals surface area contributed by atoms with E-state index in [1.807, 2.05) is 41.8 Å². The van der Waals surface area contributed by atoms with Crippen molar-refractivity contribution < 1.29 is 14.6 Å². The van der Waals surface area contributed by atoms with Gasteiger partial charge in [-0.1, -0.05) is 37.6 Å². The van der Waals surface area contributed by atoms with Crippen molar-refractivity contribution in [1.29, 1.82) is 0 Å². The van der Waals surface area contributed by atoms with Gasteiger partial charge in [-0.25, -0.2) is 4.79 Å². The molecule has 0 spiro atoms. The number of carbonyl (C=O) groups is 1. The van der Waals surface area contributed by atoms with Crippen molar-refractivity contribution in [2.75, 3.05) is 6.61 Å². The maximum Gasteiger partial charge on any atom is 0.337 e. The second-order valence-electron chi connectivity index (χ2n) is 4.58. The summed E-state index contributed by atoms with van der Waals surface area (Å²) in [6.45, 7) is 2.75. The fourth-order valence-corrected chi connectivity index (χ4v) is 2.62. The Bertz CT molecular complexity index is 615. The van der Waals surface area contributed by atoms with Gasteiger partial charge in [0.1, 0.15) is 5.75 Å². The fraction of sp³-hybridized carbons (Fsp3) is 0.235. The Hall–Kier alpha value is -2.07. The molecule has 110 valence electrons. The summed E-state index contributed by atoms with van der Waals surface area (Å²) in [4.78, 5) is 12.2. The second kappa shape index (κ2) is 7.64. The van der Waals surface area contributed by atoms with Crippen LogP contribution in [0, 0.1) is 0 Å². The molecule has 0 saturated carbocycles. The maximum absolute atomic E-state index is 11.5. The minimum Gasteiger partial charge on any atom is -0.493 e. The van der Waals surface area contributed by atoms with Crippen molar-refractivity contribution in [3.8, 4) is 5.75 Å². The normalized spacial score (nSPS) is 11.4. The Morgan fingerprint density at radius 3 is 2.76 bits per heavy atom. The molecule has 1 N–H and O–H groups in total. The molecule has 0 radical (unpaired) electrons. The minimum atomic E-state index is -0.930. The molecule has 21 heavy (non-hydrogen) atoms. The van der Waals surface area contributed by atoms with E-state index in [4.69, 9.17) is 4.74 Å². The smallest absolute Gasteiger partial charge is 0.337 e. The van der Waals surface area contributed by atoms with E-state index in [1.165, 1.54) is 11.3 Å². The van der Waals surface area contributed by atoms with Crippen LogP contribution in [0.4, 0.5) is 0 Å². The van der Waals surface area contributed by atoms with Crippen LogP contribution in [0.25, 0.3) is 11.6 Å².